The molecule has 82 valence electrons. The highest BCUT2D eigenvalue weighted by molar-refractivity contribution is 5.85. The fraction of sp³-hybridized carbons (Fsp3) is 1.00. The van der Waals surface area contributed by atoms with Gasteiger partial charge in [-0.25, -0.2) is 0 Å². The number of nitrogens with two attached hydrogens (primary N) is 1. The Morgan fingerprint density at radius 3 is 2.14 bits per heavy atom. The molecule has 4 saturated carbocycles. The van der Waals surface area contributed by atoms with Gasteiger partial charge in [0.05, 0.1) is 0 Å². The van der Waals surface area contributed by atoms with E-state index in [1.807, 2.05) is 0 Å². The predicted octanol–water partition coefficient (Wildman–Crippen LogP) is 2.97. The molecule has 0 aromatic rings. The molecule has 0 amide bonds. The van der Waals surface area contributed by atoms with Gasteiger partial charge in [-0.15, -0.1) is 12.4 Å². The van der Waals surface area contributed by atoms with Crippen molar-refractivity contribution in [2.24, 2.45) is 28.9 Å². The average Bonchev–Trinajstić information content (AvgIpc) is 2.32. The lowest BCUT2D eigenvalue weighted by Gasteiger charge is -2.44. The van der Waals surface area contributed by atoms with E-state index in [0.717, 1.165) is 24.3 Å². The van der Waals surface area contributed by atoms with Crippen LogP contribution in [0.15, 0.2) is 0 Å². The van der Waals surface area contributed by atoms with E-state index in [2.05, 4.69) is 0 Å². The Morgan fingerprint density at radius 2 is 1.57 bits per heavy atom. The van der Waals surface area contributed by atoms with E-state index < -0.39 is 0 Å². The lowest BCUT2D eigenvalue weighted by molar-refractivity contribution is 0.0723. The molecule has 2 unspecified atom stereocenters. The summed E-state index contributed by atoms with van der Waals surface area (Å²) in [6, 6.07) is 0. The van der Waals surface area contributed by atoms with Crippen molar-refractivity contribution in [3.8, 4) is 0 Å². The highest BCUT2D eigenvalue weighted by Crippen LogP contribution is 2.56. The number of hydrogen-bond donors (Lipinski definition) is 1. The van der Waals surface area contributed by atoms with E-state index in [9.17, 15) is 0 Å². The van der Waals surface area contributed by atoms with Crippen molar-refractivity contribution < 1.29 is 0 Å². The fourth-order valence-corrected chi connectivity index (χ4v) is 4.56. The maximum absolute atomic E-state index is 6.00. The second-order valence-corrected chi connectivity index (χ2v) is 5.96. The van der Waals surface area contributed by atoms with Gasteiger partial charge < -0.3 is 5.73 Å². The number of hydrogen-bond acceptors (Lipinski definition) is 1. The number of fused-ring (bicyclic) bond motifs is 1. The Bertz CT molecular complexity index is 202. The van der Waals surface area contributed by atoms with Gasteiger partial charge in [0.25, 0.3) is 0 Å². The molecule has 4 aliphatic rings. The smallest absolute Gasteiger partial charge is 0.00203 e. The summed E-state index contributed by atoms with van der Waals surface area (Å²) >= 11 is 0. The van der Waals surface area contributed by atoms with Crippen molar-refractivity contribution in [3.05, 3.63) is 0 Å². The van der Waals surface area contributed by atoms with Crippen LogP contribution in [0.25, 0.3) is 0 Å². The van der Waals surface area contributed by atoms with Crippen LogP contribution >= 0.6 is 12.4 Å². The van der Waals surface area contributed by atoms with Crippen LogP contribution in [0, 0.1) is 23.2 Å². The number of halogens is 1. The summed E-state index contributed by atoms with van der Waals surface area (Å²) in [5.41, 5.74) is 6.59. The van der Waals surface area contributed by atoms with Gasteiger partial charge in [-0.2, -0.15) is 0 Å². The maximum atomic E-state index is 6.00. The molecule has 0 heterocycles. The Kier molecular flexibility index (Phi) is 2.83. The Hall–Kier alpha value is 0.250. The summed E-state index contributed by atoms with van der Waals surface area (Å²) in [7, 11) is 0. The standard InChI is InChI=1S/C12H21N.ClH/c13-8-12-2-1-9-3-10(6-12)5-11(4-9)7-12;/h9-11H,1-8,13H2;1H. The molecule has 4 bridgehead atoms. The molecule has 2 N–H and O–H groups in total. The molecule has 2 heteroatoms. The Balaban J connectivity index is 0.000000750. The van der Waals surface area contributed by atoms with Gasteiger partial charge in [0.15, 0.2) is 0 Å². The molecule has 0 aromatic heterocycles. The van der Waals surface area contributed by atoms with E-state index in [1.165, 1.54) is 44.9 Å². The summed E-state index contributed by atoms with van der Waals surface area (Å²) in [5, 5.41) is 0. The van der Waals surface area contributed by atoms with Gasteiger partial charge in [0.2, 0.25) is 0 Å². The van der Waals surface area contributed by atoms with Crippen LogP contribution in [0.5, 0.6) is 0 Å². The van der Waals surface area contributed by atoms with Gasteiger partial charge in [0.1, 0.15) is 0 Å². The van der Waals surface area contributed by atoms with E-state index in [0.29, 0.717) is 5.41 Å². The van der Waals surface area contributed by atoms with Crippen LogP contribution in [0.2, 0.25) is 0 Å². The lowest BCUT2D eigenvalue weighted by Crippen LogP contribution is -2.39. The van der Waals surface area contributed by atoms with Gasteiger partial charge >= 0.3 is 0 Å². The molecular formula is C12H22ClN. The molecule has 14 heavy (non-hydrogen) atoms. The molecule has 0 aromatic carbocycles. The zero-order chi connectivity index (χ0) is 8.89. The highest BCUT2D eigenvalue weighted by Gasteiger charge is 2.46. The van der Waals surface area contributed by atoms with E-state index >= 15 is 0 Å². The van der Waals surface area contributed by atoms with Crippen molar-refractivity contribution in [3.63, 3.8) is 0 Å². The second-order valence-electron chi connectivity index (χ2n) is 5.96. The zero-order valence-electron chi connectivity index (χ0n) is 8.87. The van der Waals surface area contributed by atoms with Crippen LogP contribution in [-0.4, -0.2) is 6.54 Å². The summed E-state index contributed by atoms with van der Waals surface area (Å²) in [4.78, 5) is 0. The number of rotatable bonds is 1. The Labute approximate surface area is 93.2 Å². The SMILES string of the molecule is Cl.NCC12CCC3CC(CC(C3)C1)C2. The second kappa shape index (κ2) is 3.68. The third-order valence-electron chi connectivity index (χ3n) is 4.96. The molecule has 4 fully saturated rings. The topological polar surface area (TPSA) is 26.0 Å². The maximum Gasteiger partial charge on any atom is -0.00203 e. The van der Waals surface area contributed by atoms with Crippen molar-refractivity contribution in [1.29, 1.82) is 0 Å². The Morgan fingerprint density at radius 1 is 1.00 bits per heavy atom. The molecule has 1 nitrogen and oxygen atoms in total. The molecule has 0 spiro atoms. The largest absolute Gasteiger partial charge is 0.330 e. The normalized spacial score (nSPS) is 49.9. The van der Waals surface area contributed by atoms with Crippen molar-refractivity contribution in [1.82, 2.24) is 0 Å². The van der Waals surface area contributed by atoms with Gasteiger partial charge in [-0.3, -0.25) is 0 Å². The molecule has 2 atom stereocenters. The molecule has 0 aliphatic heterocycles. The zero-order valence-corrected chi connectivity index (χ0v) is 9.69. The van der Waals surface area contributed by atoms with E-state index in [4.69, 9.17) is 5.73 Å². The first-order chi connectivity index (χ1) is 6.30. The summed E-state index contributed by atoms with van der Waals surface area (Å²) < 4.78 is 0. The van der Waals surface area contributed by atoms with Gasteiger partial charge in [0, 0.05) is 0 Å². The van der Waals surface area contributed by atoms with Gasteiger partial charge in [-0.1, -0.05) is 0 Å². The van der Waals surface area contributed by atoms with E-state index in [1.54, 1.807) is 0 Å². The summed E-state index contributed by atoms with van der Waals surface area (Å²) in [6.45, 7) is 0.965. The summed E-state index contributed by atoms with van der Waals surface area (Å²) in [6.07, 6.45) is 10.5. The molecule has 0 saturated heterocycles. The molecule has 4 rings (SSSR count). The van der Waals surface area contributed by atoms with Crippen molar-refractivity contribution in [2.75, 3.05) is 6.54 Å². The molecule has 0 radical (unpaired) electrons. The van der Waals surface area contributed by atoms with Gasteiger partial charge in [-0.05, 0) is 74.7 Å². The first kappa shape index (κ1) is 10.8. The minimum atomic E-state index is 0. The lowest BCUT2D eigenvalue weighted by atomic mass is 9.61. The predicted molar refractivity (Wildman–Crippen MR) is 61.5 cm³/mol. The third kappa shape index (κ3) is 1.59. The molecule has 4 aliphatic carbocycles. The van der Waals surface area contributed by atoms with Crippen molar-refractivity contribution >= 4 is 12.4 Å². The minimum absolute atomic E-state index is 0. The summed E-state index contributed by atoms with van der Waals surface area (Å²) in [5.74, 6) is 3.20. The first-order valence-electron chi connectivity index (χ1n) is 6.00. The van der Waals surface area contributed by atoms with Crippen LogP contribution in [0.4, 0.5) is 0 Å². The van der Waals surface area contributed by atoms with Crippen LogP contribution in [0.1, 0.15) is 44.9 Å². The fourth-order valence-electron chi connectivity index (χ4n) is 4.56. The minimum Gasteiger partial charge on any atom is -0.330 e. The van der Waals surface area contributed by atoms with E-state index in [-0.39, 0.29) is 12.4 Å². The third-order valence-corrected chi connectivity index (χ3v) is 4.96. The van der Waals surface area contributed by atoms with Crippen LogP contribution < -0.4 is 5.73 Å². The average molecular weight is 216 g/mol. The van der Waals surface area contributed by atoms with Crippen molar-refractivity contribution in [2.45, 2.75) is 44.9 Å². The quantitative estimate of drug-likeness (QED) is 0.715. The first-order valence-corrected chi connectivity index (χ1v) is 6.00. The monoisotopic (exact) mass is 215 g/mol. The highest BCUT2D eigenvalue weighted by atomic mass is 35.5. The van der Waals surface area contributed by atoms with Crippen LogP contribution in [-0.2, 0) is 0 Å². The van der Waals surface area contributed by atoms with Crippen LogP contribution in [0.3, 0.4) is 0 Å². The molecular weight excluding hydrogens is 194 g/mol.